The highest BCUT2D eigenvalue weighted by Crippen LogP contribution is 2.14. The first-order valence-corrected chi connectivity index (χ1v) is 6.21. The van der Waals surface area contributed by atoms with E-state index in [0.29, 0.717) is 5.56 Å². The zero-order valence-electron chi connectivity index (χ0n) is 11.6. The summed E-state index contributed by atoms with van der Waals surface area (Å²) in [5, 5.41) is 14.3. The van der Waals surface area contributed by atoms with Gasteiger partial charge in [-0.15, -0.1) is 0 Å². The van der Waals surface area contributed by atoms with Gasteiger partial charge in [-0.3, -0.25) is 19.7 Å². The number of carbonyl (C=O) groups excluding carboxylic acids is 2. The maximum absolute atomic E-state index is 11.9. The van der Waals surface area contributed by atoms with E-state index in [1.54, 1.807) is 5.32 Å². The van der Waals surface area contributed by atoms with E-state index in [1.807, 2.05) is 0 Å². The van der Waals surface area contributed by atoms with Gasteiger partial charge in [-0.05, 0) is 11.6 Å². The molecule has 0 fully saturated rings. The number of carbonyl (C=O) groups is 2. The molecule has 124 valence electrons. The Morgan fingerprint density at radius 1 is 1.26 bits per heavy atom. The van der Waals surface area contributed by atoms with Crippen molar-refractivity contribution in [2.75, 3.05) is 13.1 Å². The lowest BCUT2D eigenvalue weighted by Crippen LogP contribution is -2.40. The first-order valence-electron chi connectivity index (χ1n) is 6.21. The third kappa shape index (κ3) is 7.60. The standard InChI is InChI=1S/C13H12F3N3O4/c14-13(15,16)8-18-12(21)7-17-11(20)5-4-9-2-1-3-10(6-9)19(22)23/h1-6H,7-8H2,(H,17,20)(H,18,21)/b5-4+. The Balaban J connectivity index is 2.46. The molecule has 0 saturated heterocycles. The number of rotatable bonds is 6. The second-order valence-corrected chi connectivity index (χ2v) is 4.30. The summed E-state index contributed by atoms with van der Waals surface area (Å²) in [7, 11) is 0. The quantitative estimate of drug-likeness (QED) is 0.467. The van der Waals surface area contributed by atoms with E-state index in [0.717, 1.165) is 6.08 Å². The van der Waals surface area contributed by atoms with E-state index in [4.69, 9.17) is 0 Å². The number of amides is 2. The fourth-order valence-corrected chi connectivity index (χ4v) is 1.40. The maximum Gasteiger partial charge on any atom is 0.405 e. The van der Waals surface area contributed by atoms with E-state index < -0.39 is 36.0 Å². The molecule has 0 radical (unpaired) electrons. The average Bonchev–Trinajstić information content (AvgIpc) is 2.48. The van der Waals surface area contributed by atoms with Crippen LogP contribution in [0.1, 0.15) is 5.56 Å². The van der Waals surface area contributed by atoms with Crippen molar-refractivity contribution in [3.8, 4) is 0 Å². The molecule has 0 aliphatic rings. The van der Waals surface area contributed by atoms with Gasteiger partial charge in [0.1, 0.15) is 6.54 Å². The molecule has 1 aromatic rings. The third-order valence-corrected chi connectivity index (χ3v) is 2.42. The molecule has 7 nitrogen and oxygen atoms in total. The van der Waals surface area contributed by atoms with Crippen molar-refractivity contribution in [2.24, 2.45) is 0 Å². The van der Waals surface area contributed by atoms with Crippen LogP contribution in [0.2, 0.25) is 0 Å². The highest BCUT2D eigenvalue weighted by Gasteiger charge is 2.27. The zero-order chi connectivity index (χ0) is 17.5. The number of halogens is 3. The fraction of sp³-hybridized carbons (Fsp3) is 0.231. The fourth-order valence-electron chi connectivity index (χ4n) is 1.40. The second-order valence-electron chi connectivity index (χ2n) is 4.30. The van der Waals surface area contributed by atoms with Gasteiger partial charge < -0.3 is 10.6 Å². The summed E-state index contributed by atoms with van der Waals surface area (Å²) in [6, 6.07) is 5.47. The molecule has 0 aliphatic carbocycles. The topological polar surface area (TPSA) is 101 Å². The molecule has 2 amide bonds. The number of nitro benzene ring substituents is 1. The Morgan fingerprint density at radius 3 is 2.57 bits per heavy atom. The molecule has 0 spiro atoms. The first-order chi connectivity index (χ1) is 10.7. The summed E-state index contributed by atoms with van der Waals surface area (Å²) < 4.78 is 35.6. The Morgan fingerprint density at radius 2 is 1.96 bits per heavy atom. The lowest BCUT2D eigenvalue weighted by Gasteiger charge is -2.08. The summed E-state index contributed by atoms with van der Waals surface area (Å²) >= 11 is 0. The number of non-ortho nitro benzene ring substituents is 1. The molecular formula is C13H12F3N3O4. The van der Waals surface area contributed by atoms with Crippen molar-refractivity contribution < 1.29 is 27.7 Å². The molecule has 1 aromatic carbocycles. The van der Waals surface area contributed by atoms with Crippen molar-refractivity contribution in [1.82, 2.24) is 10.6 Å². The van der Waals surface area contributed by atoms with E-state index in [2.05, 4.69) is 5.32 Å². The molecule has 0 bridgehead atoms. The minimum atomic E-state index is -4.53. The van der Waals surface area contributed by atoms with Crippen molar-refractivity contribution >= 4 is 23.6 Å². The van der Waals surface area contributed by atoms with Crippen molar-refractivity contribution in [2.45, 2.75) is 6.18 Å². The number of nitro groups is 1. The summed E-state index contributed by atoms with van der Waals surface area (Å²) in [6.07, 6.45) is -2.24. The number of hydrogen-bond donors (Lipinski definition) is 2. The maximum atomic E-state index is 11.9. The van der Waals surface area contributed by atoms with Crippen LogP contribution in [0.5, 0.6) is 0 Å². The van der Waals surface area contributed by atoms with Gasteiger partial charge in [0, 0.05) is 18.2 Å². The van der Waals surface area contributed by atoms with Crippen LogP contribution in [0.4, 0.5) is 18.9 Å². The van der Waals surface area contributed by atoms with Crippen molar-refractivity contribution in [1.29, 1.82) is 0 Å². The third-order valence-electron chi connectivity index (χ3n) is 2.42. The lowest BCUT2D eigenvalue weighted by atomic mass is 10.2. The molecule has 0 aliphatic heterocycles. The number of alkyl halides is 3. The van der Waals surface area contributed by atoms with Gasteiger partial charge in [0.15, 0.2) is 0 Å². The number of benzene rings is 1. The molecule has 2 N–H and O–H groups in total. The smallest absolute Gasteiger partial charge is 0.345 e. The summed E-state index contributed by atoms with van der Waals surface area (Å²) in [5.41, 5.74) is 0.231. The lowest BCUT2D eigenvalue weighted by molar-refractivity contribution is -0.384. The van der Waals surface area contributed by atoms with Crippen LogP contribution < -0.4 is 10.6 Å². The van der Waals surface area contributed by atoms with Crippen LogP contribution in [-0.4, -0.2) is 36.0 Å². The van der Waals surface area contributed by atoms with E-state index in [1.165, 1.54) is 30.3 Å². The minimum Gasteiger partial charge on any atom is -0.345 e. The molecule has 1 rings (SSSR count). The Kier molecular flexibility index (Phi) is 6.24. The van der Waals surface area contributed by atoms with Gasteiger partial charge in [-0.2, -0.15) is 13.2 Å². The van der Waals surface area contributed by atoms with Gasteiger partial charge in [-0.1, -0.05) is 12.1 Å². The van der Waals surface area contributed by atoms with Crippen LogP contribution in [0.3, 0.4) is 0 Å². The molecular weight excluding hydrogens is 319 g/mol. The Bertz CT molecular complexity index is 629. The van der Waals surface area contributed by atoms with Gasteiger partial charge in [0.2, 0.25) is 11.8 Å². The van der Waals surface area contributed by atoms with Gasteiger partial charge in [-0.25, -0.2) is 0 Å². The van der Waals surface area contributed by atoms with Crippen molar-refractivity contribution in [3.05, 3.63) is 46.0 Å². The van der Waals surface area contributed by atoms with Crippen LogP contribution in [0.15, 0.2) is 30.3 Å². The molecule has 10 heteroatoms. The van der Waals surface area contributed by atoms with Crippen LogP contribution in [0, 0.1) is 10.1 Å². The highest BCUT2D eigenvalue weighted by molar-refractivity contribution is 5.94. The monoisotopic (exact) mass is 331 g/mol. The van der Waals surface area contributed by atoms with Gasteiger partial charge in [0.25, 0.3) is 5.69 Å². The highest BCUT2D eigenvalue weighted by atomic mass is 19.4. The van der Waals surface area contributed by atoms with E-state index >= 15 is 0 Å². The number of nitrogens with zero attached hydrogens (tertiary/aromatic N) is 1. The molecule has 23 heavy (non-hydrogen) atoms. The zero-order valence-corrected chi connectivity index (χ0v) is 11.6. The molecule has 0 unspecified atom stereocenters. The van der Waals surface area contributed by atoms with E-state index in [9.17, 15) is 32.9 Å². The second kappa shape index (κ2) is 7.92. The van der Waals surface area contributed by atoms with E-state index in [-0.39, 0.29) is 5.69 Å². The molecule has 0 aromatic heterocycles. The number of nitrogens with one attached hydrogen (secondary N) is 2. The van der Waals surface area contributed by atoms with Crippen LogP contribution in [0.25, 0.3) is 6.08 Å². The largest absolute Gasteiger partial charge is 0.405 e. The van der Waals surface area contributed by atoms with Gasteiger partial charge in [0.05, 0.1) is 11.5 Å². The predicted octanol–water partition coefficient (Wildman–Crippen LogP) is 1.40. The van der Waals surface area contributed by atoms with Crippen LogP contribution in [-0.2, 0) is 9.59 Å². The van der Waals surface area contributed by atoms with Crippen molar-refractivity contribution in [3.63, 3.8) is 0 Å². The Hall–Kier alpha value is -2.91. The molecule has 0 heterocycles. The SMILES string of the molecule is O=C(/C=C/c1cccc([N+](=O)[O-])c1)NCC(=O)NCC(F)(F)F. The first kappa shape index (κ1) is 18.1. The predicted molar refractivity (Wildman–Crippen MR) is 74.2 cm³/mol. The normalized spacial score (nSPS) is 11.3. The summed E-state index contributed by atoms with van der Waals surface area (Å²) in [5.74, 6) is -1.71. The molecule has 0 saturated carbocycles. The average molecular weight is 331 g/mol. The van der Waals surface area contributed by atoms with Gasteiger partial charge >= 0.3 is 6.18 Å². The summed E-state index contributed by atoms with van der Waals surface area (Å²) in [4.78, 5) is 32.5. The Labute approximate surface area is 128 Å². The molecule has 0 atom stereocenters. The minimum absolute atomic E-state index is 0.154. The number of hydrogen-bond acceptors (Lipinski definition) is 4. The summed E-state index contributed by atoms with van der Waals surface area (Å²) in [6.45, 7) is -2.10. The van der Waals surface area contributed by atoms with Crippen LogP contribution >= 0.6 is 0 Å².